The van der Waals surface area contributed by atoms with Crippen LogP contribution in [0, 0.1) is 0 Å². The van der Waals surface area contributed by atoms with Crippen LogP contribution in [0.25, 0.3) is 0 Å². The Balaban J connectivity index is 2.54. The van der Waals surface area contributed by atoms with E-state index in [4.69, 9.17) is 14.9 Å². The molecule has 1 aromatic rings. The standard InChI is InChI=1S/C13H18Br3NO4/c14-9-5-11(15)13(12(16)6-9)21-8-10(20)7-17(1-3-18)2-4-19/h5-6,10,18-20H,1-4,7-8H2/p+1/t10-/m0/s1. The molecule has 0 radical (unpaired) electrons. The summed E-state index contributed by atoms with van der Waals surface area (Å²) in [5.41, 5.74) is 0. The summed E-state index contributed by atoms with van der Waals surface area (Å²) in [5.74, 6) is 0.628. The molecule has 0 saturated heterocycles. The quantitative estimate of drug-likeness (QED) is 0.407. The molecule has 0 amide bonds. The molecule has 4 N–H and O–H groups in total. The second kappa shape index (κ2) is 10.1. The van der Waals surface area contributed by atoms with E-state index in [1.165, 1.54) is 0 Å². The lowest BCUT2D eigenvalue weighted by Gasteiger charge is -2.21. The van der Waals surface area contributed by atoms with Crippen molar-refractivity contribution in [1.29, 1.82) is 0 Å². The van der Waals surface area contributed by atoms with Crippen molar-refractivity contribution in [2.24, 2.45) is 0 Å². The Bertz CT molecular complexity index is 418. The van der Waals surface area contributed by atoms with Crippen LogP contribution in [0.3, 0.4) is 0 Å². The van der Waals surface area contributed by atoms with Gasteiger partial charge in [-0.25, -0.2) is 0 Å². The van der Waals surface area contributed by atoms with Gasteiger partial charge in [0, 0.05) is 4.47 Å². The number of ether oxygens (including phenoxy) is 1. The fourth-order valence-corrected chi connectivity index (χ4v) is 4.37. The Morgan fingerprint density at radius 2 is 1.57 bits per heavy atom. The first-order valence-electron chi connectivity index (χ1n) is 6.48. The highest BCUT2D eigenvalue weighted by Gasteiger charge is 2.16. The van der Waals surface area contributed by atoms with E-state index in [9.17, 15) is 5.11 Å². The Morgan fingerprint density at radius 1 is 1.05 bits per heavy atom. The van der Waals surface area contributed by atoms with Gasteiger partial charge < -0.3 is 25.0 Å². The second-order valence-electron chi connectivity index (χ2n) is 4.56. The largest absolute Gasteiger partial charge is 0.488 e. The van der Waals surface area contributed by atoms with Gasteiger partial charge in [-0.15, -0.1) is 0 Å². The summed E-state index contributed by atoms with van der Waals surface area (Å²) in [4.78, 5) is 0.935. The number of rotatable bonds is 9. The normalized spacial score (nSPS) is 12.7. The summed E-state index contributed by atoms with van der Waals surface area (Å²) in [7, 11) is 0. The van der Waals surface area contributed by atoms with Crippen LogP contribution in [0.2, 0.25) is 0 Å². The molecule has 1 atom stereocenters. The van der Waals surface area contributed by atoms with Crippen LogP contribution in [0.1, 0.15) is 0 Å². The zero-order valence-electron chi connectivity index (χ0n) is 11.4. The van der Waals surface area contributed by atoms with E-state index in [-0.39, 0.29) is 19.8 Å². The Morgan fingerprint density at radius 3 is 2.05 bits per heavy atom. The van der Waals surface area contributed by atoms with E-state index in [2.05, 4.69) is 47.8 Å². The Kier molecular flexibility index (Phi) is 9.35. The minimum atomic E-state index is -0.680. The predicted molar refractivity (Wildman–Crippen MR) is 90.8 cm³/mol. The maximum atomic E-state index is 10.0. The molecular formula is C13H19Br3NO4+. The summed E-state index contributed by atoms with van der Waals surface area (Å²) in [5, 5.41) is 27.9. The molecule has 0 fully saturated rings. The first kappa shape index (κ1) is 19.3. The van der Waals surface area contributed by atoms with Gasteiger partial charge in [0.15, 0.2) is 0 Å². The van der Waals surface area contributed by atoms with Gasteiger partial charge >= 0.3 is 0 Å². The molecule has 0 bridgehead atoms. The lowest BCUT2D eigenvalue weighted by molar-refractivity contribution is -0.903. The van der Waals surface area contributed by atoms with Gasteiger partial charge in [-0.05, 0) is 44.0 Å². The molecular weight excluding hydrogens is 474 g/mol. The van der Waals surface area contributed by atoms with Crippen LogP contribution in [-0.2, 0) is 0 Å². The van der Waals surface area contributed by atoms with Crippen LogP contribution in [0.5, 0.6) is 5.75 Å². The van der Waals surface area contributed by atoms with Crippen molar-refractivity contribution in [3.05, 3.63) is 25.6 Å². The van der Waals surface area contributed by atoms with E-state index in [1.54, 1.807) is 0 Å². The lowest BCUT2D eigenvalue weighted by atomic mass is 10.3. The molecule has 0 unspecified atom stereocenters. The van der Waals surface area contributed by atoms with E-state index in [0.717, 1.165) is 18.3 Å². The van der Waals surface area contributed by atoms with Crippen molar-refractivity contribution in [2.75, 3.05) is 39.5 Å². The highest BCUT2D eigenvalue weighted by atomic mass is 79.9. The highest BCUT2D eigenvalue weighted by Crippen LogP contribution is 2.36. The van der Waals surface area contributed by atoms with Crippen LogP contribution in [0.4, 0.5) is 0 Å². The summed E-state index contributed by atoms with van der Waals surface area (Å²) in [6.07, 6.45) is -0.680. The number of aliphatic hydroxyl groups excluding tert-OH is 3. The number of benzene rings is 1. The number of hydrogen-bond acceptors (Lipinski definition) is 4. The number of quaternary nitrogens is 1. The van der Waals surface area contributed by atoms with Gasteiger partial charge in [-0.2, -0.15) is 0 Å². The molecule has 5 nitrogen and oxygen atoms in total. The van der Waals surface area contributed by atoms with Crippen LogP contribution in [-0.4, -0.2) is 60.9 Å². The molecule has 0 heterocycles. The monoisotopic (exact) mass is 490 g/mol. The van der Waals surface area contributed by atoms with Crippen molar-refractivity contribution in [1.82, 2.24) is 0 Å². The number of nitrogens with one attached hydrogen (secondary N) is 1. The minimum Gasteiger partial charge on any atom is -0.488 e. The van der Waals surface area contributed by atoms with E-state index in [0.29, 0.717) is 25.4 Å². The topological polar surface area (TPSA) is 74.4 Å². The molecule has 0 spiro atoms. The number of hydrogen-bond donors (Lipinski definition) is 4. The van der Waals surface area contributed by atoms with Crippen molar-refractivity contribution in [2.45, 2.75) is 6.10 Å². The first-order chi connectivity index (χ1) is 9.97. The van der Waals surface area contributed by atoms with E-state index >= 15 is 0 Å². The average Bonchev–Trinajstić information content (AvgIpc) is 2.37. The van der Waals surface area contributed by atoms with Crippen molar-refractivity contribution >= 4 is 47.8 Å². The predicted octanol–water partition coefficient (Wildman–Crippen LogP) is 0.583. The van der Waals surface area contributed by atoms with Gasteiger partial charge in [0.05, 0.1) is 22.2 Å². The average molecular weight is 493 g/mol. The maximum absolute atomic E-state index is 10.0. The third kappa shape index (κ3) is 6.94. The molecule has 1 rings (SSSR count). The van der Waals surface area contributed by atoms with Crippen LogP contribution >= 0.6 is 47.8 Å². The summed E-state index contributed by atoms with van der Waals surface area (Å²) >= 11 is 10.2. The number of halogens is 3. The molecule has 0 aliphatic carbocycles. The SMILES string of the molecule is OCC[NH+](CCO)C[C@H](O)COc1c(Br)cc(Br)cc1Br. The van der Waals surface area contributed by atoms with Crippen molar-refractivity contribution in [3.63, 3.8) is 0 Å². The molecule has 120 valence electrons. The zero-order valence-corrected chi connectivity index (χ0v) is 16.1. The molecule has 21 heavy (non-hydrogen) atoms. The third-order valence-electron chi connectivity index (χ3n) is 2.84. The Labute approximate surface area is 149 Å². The Hall–Kier alpha value is 0.300. The summed E-state index contributed by atoms with van der Waals surface area (Å²) < 4.78 is 8.12. The molecule has 0 saturated carbocycles. The first-order valence-corrected chi connectivity index (χ1v) is 8.86. The smallest absolute Gasteiger partial charge is 0.147 e. The lowest BCUT2D eigenvalue weighted by Crippen LogP contribution is -3.14. The van der Waals surface area contributed by atoms with Gasteiger partial charge in [0.1, 0.15) is 38.1 Å². The van der Waals surface area contributed by atoms with Crippen molar-refractivity contribution < 1.29 is 25.0 Å². The molecule has 0 aliphatic rings. The summed E-state index contributed by atoms with van der Waals surface area (Å²) in [6, 6.07) is 3.73. The second-order valence-corrected chi connectivity index (χ2v) is 7.19. The fraction of sp³-hybridized carbons (Fsp3) is 0.538. The summed E-state index contributed by atoms with van der Waals surface area (Å²) in [6.45, 7) is 1.57. The third-order valence-corrected chi connectivity index (χ3v) is 4.47. The van der Waals surface area contributed by atoms with Gasteiger partial charge in [-0.3, -0.25) is 0 Å². The zero-order chi connectivity index (χ0) is 15.8. The molecule has 8 heteroatoms. The van der Waals surface area contributed by atoms with Gasteiger partial charge in [-0.1, -0.05) is 15.9 Å². The fourth-order valence-electron chi connectivity index (χ4n) is 1.88. The van der Waals surface area contributed by atoms with Gasteiger partial charge in [0.25, 0.3) is 0 Å². The van der Waals surface area contributed by atoms with E-state index in [1.807, 2.05) is 12.1 Å². The van der Waals surface area contributed by atoms with E-state index < -0.39 is 6.10 Å². The number of aliphatic hydroxyl groups is 3. The highest BCUT2D eigenvalue weighted by molar-refractivity contribution is 9.11. The molecule has 0 aromatic heterocycles. The minimum absolute atomic E-state index is 0.0206. The van der Waals surface area contributed by atoms with Crippen LogP contribution in [0.15, 0.2) is 25.6 Å². The van der Waals surface area contributed by atoms with Crippen molar-refractivity contribution in [3.8, 4) is 5.75 Å². The molecule has 1 aromatic carbocycles. The van der Waals surface area contributed by atoms with Crippen LogP contribution < -0.4 is 9.64 Å². The van der Waals surface area contributed by atoms with Gasteiger partial charge in [0.2, 0.25) is 0 Å². The maximum Gasteiger partial charge on any atom is 0.147 e. The molecule has 0 aliphatic heterocycles.